The lowest BCUT2D eigenvalue weighted by molar-refractivity contribution is 0.210. The minimum Gasteiger partial charge on any atom is -0.395 e. The molecule has 0 aliphatic carbocycles. The predicted octanol–water partition coefficient (Wildman–Crippen LogP) is 2.09. The average molecular weight is 268 g/mol. The van der Waals surface area contributed by atoms with Crippen molar-refractivity contribution in [1.82, 2.24) is 14.7 Å². The van der Waals surface area contributed by atoms with Crippen LogP contribution in [0.2, 0.25) is 5.02 Å². The third-order valence-corrected chi connectivity index (χ3v) is 3.24. The number of aliphatic hydroxyl groups excluding tert-OH is 1. The van der Waals surface area contributed by atoms with Gasteiger partial charge in [0.2, 0.25) is 0 Å². The summed E-state index contributed by atoms with van der Waals surface area (Å²) in [5.41, 5.74) is 1.82. The number of aromatic nitrogens is 2. The molecule has 18 heavy (non-hydrogen) atoms. The molecule has 2 rings (SSSR count). The number of imidazole rings is 1. The van der Waals surface area contributed by atoms with Crippen LogP contribution in [0.4, 0.5) is 0 Å². The first-order chi connectivity index (χ1) is 8.60. The Hall–Kier alpha value is -1.10. The summed E-state index contributed by atoms with van der Waals surface area (Å²) in [5, 5.41) is 13.2. The van der Waals surface area contributed by atoms with Crippen LogP contribution in [0.3, 0.4) is 0 Å². The highest BCUT2D eigenvalue weighted by molar-refractivity contribution is 6.30. The number of rotatable bonds is 5. The van der Waals surface area contributed by atoms with E-state index in [0.29, 0.717) is 17.5 Å². The molecule has 0 fully saturated rings. The summed E-state index contributed by atoms with van der Waals surface area (Å²) in [7, 11) is 0. The molecule has 1 atom stereocenters. The monoisotopic (exact) mass is 267 g/mol. The van der Waals surface area contributed by atoms with Crippen molar-refractivity contribution < 1.29 is 5.11 Å². The van der Waals surface area contributed by atoms with Crippen LogP contribution in [0.1, 0.15) is 19.5 Å². The molecule has 98 valence electrons. The summed E-state index contributed by atoms with van der Waals surface area (Å²) >= 11 is 5.92. The molecule has 5 heteroatoms. The number of hydrogen-bond acceptors (Lipinski definition) is 3. The van der Waals surface area contributed by atoms with Crippen LogP contribution in [0.15, 0.2) is 24.5 Å². The van der Waals surface area contributed by atoms with E-state index in [2.05, 4.69) is 24.1 Å². The van der Waals surface area contributed by atoms with Gasteiger partial charge in [-0.3, -0.25) is 0 Å². The molecule has 0 amide bonds. The first kappa shape index (κ1) is 13.3. The number of nitrogens with zero attached hydrogens (tertiary/aromatic N) is 2. The SMILES string of the molecule is CC(C)C(CO)NCc1cn2cc(Cl)ccc2n1. The van der Waals surface area contributed by atoms with Gasteiger partial charge < -0.3 is 14.8 Å². The van der Waals surface area contributed by atoms with Crippen LogP contribution in [0.5, 0.6) is 0 Å². The zero-order valence-electron chi connectivity index (χ0n) is 10.6. The molecule has 2 N–H and O–H groups in total. The third-order valence-electron chi connectivity index (χ3n) is 3.01. The molecule has 1 unspecified atom stereocenters. The molecule has 2 aromatic rings. The van der Waals surface area contributed by atoms with E-state index in [1.54, 1.807) is 0 Å². The van der Waals surface area contributed by atoms with Crippen molar-refractivity contribution >= 4 is 17.2 Å². The Morgan fingerprint density at radius 1 is 1.39 bits per heavy atom. The number of pyridine rings is 1. The summed E-state index contributed by atoms with van der Waals surface area (Å²) in [4.78, 5) is 4.48. The van der Waals surface area contributed by atoms with Crippen LogP contribution >= 0.6 is 11.6 Å². The van der Waals surface area contributed by atoms with Gasteiger partial charge in [-0.05, 0) is 18.1 Å². The van der Waals surface area contributed by atoms with Gasteiger partial charge in [-0.25, -0.2) is 4.98 Å². The molecular formula is C13H18ClN3O. The van der Waals surface area contributed by atoms with E-state index in [1.165, 1.54) is 0 Å². The highest BCUT2D eigenvalue weighted by atomic mass is 35.5. The number of fused-ring (bicyclic) bond motifs is 1. The Labute approximate surface area is 112 Å². The largest absolute Gasteiger partial charge is 0.395 e. The highest BCUT2D eigenvalue weighted by Crippen LogP contribution is 2.12. The molecule has 0 bridgehead atoms. The van der Waals surface area contributed by atoms with Gasteiger partial charge in [-0.1, -0.05) is 25.4 Å². The summed E-state index contributed by atoms with van der Waals surface area (Å²) in [5.74, 6) is 0.390. The second-order valence-electron chi connectivity index (χ2n) is 4.76. The fraction of sp³-hybridized carbons (Fsp3) is 0.462. The van der Waals surface area contributed by atoms with Crippen LogP contribution in [0, 0.1) is 5.92 Å². The lowest BCUT2D eigenvalue weighted by Crippen LogP contribution is -2.36. The van der Waals surface area contributed by atoms with Gasteiger partial charge >= 0.3 is 0 Å². The molecule has 2 aromatic heterocycles. The predicted molar refractivity (Wildman–Crippen MR) is 72.8 cm³/mol. The van der Waals surface area contributed by atoms with Crippen molar-refractivity contribution in [1.29, 1.82) is 0 Å². The van der Waals surface area contributed by atoms with Crippen LogP contribution < -0.4 is 5.32 Å². The molecule has 0 aromatic carbocycles. The maximum Gasteiger partial charge on any atom is 0.137 e. The van der Waals surface area contributed by atoms with Crippen molar-refractivity contribution in [3.63, 3.8) is 0 Å². The Balaban J connectivity index is 2.08. The van der Waals surface area contributed by atoms with Gasteiger partial charge in [0.25, 0.3) is 0 Å². The van der Waals surface area contributed by atoms with E-state index in [1.807, 2.05) is 28.9 Å². The Morgan fingerprint density at radius 2 is 2.17 bits per heavy atom. The summed E-state index contributed by atoms with van der Waals surface area (Å²) in [6.45, 7) is 4.94. The highest BCUT2D eigenvalue weighted by Gasteiger charge is 2.12. The molecule has 0 spiro atoms. The van der Waals surface area contributed by atoms with Gasteiger partial charge in [0.05, 0.1) is 17.3 Å². The number of halogens is 1. The fourth-order valence-electron chi connectivity index (χ4n) is 1.85. The van der Waals surface area contributed by atoms with Crippen molar-refractivity contribution in [2.75, 3.05) is 6.61 Å². The Morgan fingerprint density at radius 3 is 2.83 bits per heavy atom. The third kappa shape index (κ3) is 3.02. The minimum atomic E-state index is 0.0957. The quantitative estimate of drug-likeness (QED) is 0.872. The van der Waals surface area contributed by atoms with Gasteiger partial charge in [0, 0.05) is 25.0 Å². The van der Waals surface area contributed by atoms with E-state index in [9.17, 15) is 5.11 Å². The van der Waals surface area contributed by atoms with Crippen molar-refractivity contribution in [3.05, 3.63) is 35.2 Å². The topological polar surface area (TPSA) is 49.6 Å². The molecule has 0 saturated carbocycles. The van der Waals surface area contributed by atoms with Crippen molar-refractivity contribution in [2.45, 2.75) is 26.4 Å². The van der Waals surface area contributed by atoms with E-state index in [0.717, 1.165) is 11.3 Å². The van der Waals surface area contributed by atoms with Crippen LogP contribution in [-0.4, -0.2) is 27.1 Å². The lowest BCUT2D eigenvalue weighted by Gasteiger charge is -2.19. The fourth-order valence-corrected chi connectivity index (χ4v) is 2.02. The maximum atomic E-state index is 9.25. The van der Waals surface area contributed by atoms with E-state index >= 15 is 0 Å². The van der Waals surface area contributed by atoms with Crippen molar-refractivity contribution in [3.8, 4) is 0 Å². The summed E-state index contributed by atoms with van der Waals surface area (Å²) in [6, 6.07) is 3.81. The minimum absolute atomic E-state index is 0.0957. The second-order valence-corrected chi connectivity index (χ2v) is 5.20. The van der Waals surface area contributed by atoms with Crippen molar-refractivity contribution in [2.24, 2.45) is 5.92 Å². The Bertz CT molecular complexity index is 524. The van der Waals surface area contributed by atoms with E-state index in [-0.39, 0.29) is 12.6 Å². The van der Waals surface area contributed by atoms with Gasteiger partial charge in [0.1, 0.15) is 5.65 Å². The molecular weight excluding hydrogens is 250 g/mol. The first-order valence-corrected chi connectivity index (χ1v) is 6.45. The van der Waals surface area contributed by atoms with E-state index < -0.39 is 0 Å². The van der Waals surface area contributed by atoms with Crippen LogP contribution in [0.25, 0.3) is 5.65 Å². The molecule has 0 aliphatic heterocycles. The lowest BCUT2D eigenvalue weighted by atomic mass is 10.1. The zero-order valence-corrected chi connectivity index (χ0v) is 11.4. The molecule has 4 nitrogen and oxygen atoms in total. The van der Waals surface area contributed by atoms with Gasteiger partial charge in [0.15, 0.2) is 0 Å². The van der Waals surface area contributed by atoms with Gasteiger partial charge in [-0.15, -0.1) is 0 Å². The summed E-state index contributed by atoms with van der Waals surface area (Å²) in [6.07, 6.45) is 3.78. The number of aliphatic hydroxyl groups is 1. The number of hydrogen-bond donors (Lipinski definition) is 2. The molecule has 2 heterocycles. The zero-order chi connectivity index (χ0) is 13.1. The standard InChI is InChI=1S/C13H18ClN3O/c1-9(2)12(8-18)15-5-11-7-17-6-10(14)3-4-13(17)16-11/h3-4,6-7,9,12,15,18H,5,8H2,1-2H3. The smallest absolute Gasteiger partial charge is 0.137 e. The number of nitrogens with one attached hydrogen (secondary N) is 1. The molecule has 0 radical (unpaired) electrons. The summed E-state index contributed by atoms with van der Waals surface area (Å²) < 4.78 is 1.91. The first-order valence-electron chi connectivity index (χ1n) is 6.07. The Kier molecular flexibility index (Phi) is 4.22. The van der Waals surface area contributed by atoms with Crippen LogP contribution in [-0.2, 0) is 6.54 Å². The molecule has 0 saturated heterocycles. The maximum absolute atomic E-state index is 9.25. The van der Waals surface area contributed by atoms with E-state index in [4.69, 9.17) is 11.6 Å². The second kappa shape index (κ2) is 5.69. The van der Waals surface area contributed by atoms with Gasteiger partial charge in [-0.2, -0.15) is 0 Å². The normalized spacial score (nSPS) is 13.4. The molecule has 0 aliphatic rings. The average Bonchev–Trinajstić information content (AvgIpc) is 2.71.